The second kappa shape index (κ2) is 7.65. The Hall–Kier alpha value is -2.06. The lowest BCUT2D eigenvalue weighted by atomic mass is 9.88. The number of aliphatic hydroxyl groups excluding tert-OH is 1. The number of hydrogen-bond acceptors (Lipinski definition) is 2. The van der Waals surface area contributed by atoms with Gasteiger partial charge < -0.3 is 9.84 Å². The van der Waals surface area contributed by atoms with Gasteiger partial charge in [-0.2, -0.15) is 0 Å². The van der Waals surface area contributed by atoms with Crippen LogP contribution in [-0.4, -0.2) is 12.2 Å². The minimum Gasteiger partial charge on any atom is -0.497 e. The van der Waals surface area contributed by atoms with Crippen LogP contribution in [0.15, 0.2) is 66.7 Å². The van der Waals surface area contributed by atoms with Crippen molar-refractivity contribution in [1.82, 2.24) is 0 Å². The molecule has 0 radical (unpaired) electrons. The highest BCUT2D eigenvalue weighted by Gasteiger charge is 2.20. The van der Waals surface area contributed by atoms with Crippen LogP contribution in [0.2, 0.25) is 0 Å². The van der Waals surface area contributed by atoms with E-state index in [2.05, 4.69) is 19.1 Å². The molecule has 0 aliphatic carbocycles. The van der Waals surface area contributed by atoms with E-state index >= 15 is 0 Å². The SMILES string of the molecule is CC/C=C/[C@@H](c1ccc(OC)cc1)[C@@H](O)c1ccccc1. The lowest BCUT2D eigenvalue weighted by Crippen LogP contribution is -2.09. The molecule has 0 aliphatic rings. The summed E-state index contributed by atoms with van der Waals surface area (Å²) in [6.45, 7) is 2.09. The largest absolute Gasteiger partial charge is 0.497 e. The molecular formula is C19H22O2. The number of rotatable bonds is 6. The predicted molar refractivity (Wildman–Crippen MR) is 86.6 cm³/mol. The number of hydrogen-bond donors (Lipinski definition) is 1. The molecule has 0 fully saturated rings. The molecule has 2 aromatic carbocycles. The van der Waals surface area contributed by atoms with Crippen molar-refractivity contribution < 1.29 is 9.84 Å². The molecule has 2 rings (SSSR count). The Bertz CT molecular complexity index is 558. The summed E-state index contributed by atoms with van der Waals surface area (Å²) < 4.78 is 5.19. The van der Waals surface area contributed by atoms with Gasteiger partial charge in [0.2, 0.25) is 0 Å². The third-order valence-corrected chi connectivity index (χ3v) is 3.56. The van der Waals surface area contributed by atoms with E-state index in [1.54, 1.807) is 7.11 Å². The Morgan fingerprint density at radius 2 is 1.67 bits per heavy atom. The maximum Gasteiger partial charge on any atom is 0.118 e. The fraction of sp³-hybridized carbons (Fsp3) is 0.263. The molecule has 0 bridgehead atoms. The molecule has 0 saturated carbocycles. The minimum atomic E-state index is -0.553. The highest BCUT2D eigenvalue weighted by Crippen LogP contribution is 2.33. The molecule has 2 heteroatoms. The quantitative estimate of drug-likeness (QED) is 0.792. The number of aliphatic hydroxyl groups is 1. The van der Waals surface area contributed by atoms with Gasteiger partial charge in [0.15, 0.2) is 0 Å². The van der Waals surface area contributed by atoms with Crippen molar-refractivity contribution in [3.8, 4) is 5.75 Å². The summed E-state index contributed by atoms with van der Waals surface area (Å²) in [6, 6.07) is 17.7. The van der Waals surface area contributed by atoms with Gasteiger partial charge >= 0.3 is 0 Å². The second-order valence-corrected chi connectivity index (χ2v) is 4.99. The van der Waals surface area contributed by atoms with Crippen molar-refractivity contribution in [2.75, 3.05) is 7.11 Å². The lowest BCUT2D eigenvalue weighted by Gasteiger charge is -2.21. The average Bonchev–Trinajstić information content (AvgIpc) is 2.56. The summed E-state index contributed by atoms with van der Waals surface area (Å²) in [4.78, 5) is 0. The molecule has 1 N–H and O–H groups in total. The van der Waals surface area contributed by atoms with Gasteiger partial charge in [0.25, 0.3) is 0 Å². The molecule has 0 spiro atoms. The van der Waals surface area contributed by atoms with Crippen molar-refractivity contribution in [2.24, 2.45) is 0 Å². The lowest BCUT2D eigenvalue weighted by molar-refractivity contribution is 0.161. The van der Waals surface area contributed by atoms with E-state index in [9.17, 15) is 5.11 Å². The van der Waals surface area contributed by atoms with Gasteiger partial charge in [0.05, 0.1) is 13.2 Å². The molecule has 0 amide bonds. The third-order valence-electron chi connectivity index (χ3n) is 3.56. The van der Waals surface area contributed by atoms with E-state index < -0.39 is 6.10 Å². The molecule has 2 nitrogen and oxygen atoms in total. The fourth-order valence-electron chi connectivity index (χ4n) is 2.37. The standard InChI is InChI=1S/C19H22O2/c1-3-4-10-18(15-11-13-17(21-2)14-12-15)19(20)16-8-6-5-7-9-16/h4-14,18-20H,3H2,1-2H3/b10-4+/t18-,19-/m0/s1. The van der Waals surface area contributed by atoms with Crippen LogP contribution < -0.4 is 4.74 Å². The predicted octanol–water partition coefficient (Wildman–Crippen LogP) is 4.48. The van der Waals surface area contributed by atoms with E-state index in [-0.39, 0.29) is 5.92 Å². The summed E-state index contributed by atoms with van der Waals surface area (Å²) in [5, 5.41) is 10.7. The van der Waals surface area contributed by atoms with E-state index in [0.717, 1.165) is 23.3 Å². The number of methoxy groups -OCH3 is 1. The molecular weight excluding hydrogens is 260 g/mol. The molecule has 0 aliphatic heterocycles. The zero-order valence-corrected chi connectivity index (χ0v) is 12.6. The minimum absolute atomic E-state index is 0.0572. The number of ether oxygens (including phenoxy) is 1. The topological polar surface area (TPSA) is 29.5 Å². The van der Waals surface area contributed by atoms with Crippen LogP contribution in [0.1, 0.15) is 36.5 Å². The van der Waals surface area contributed by atoms with Crippen molar-refractivity contribution in [3.63, 3.8) is 0 Å². The highest BCUT2D eigenvalue weighted by atomic mass is 16.5. The van der Waals surface area contributed by atoms with Crippen LogP contribution in [0, 0.1) is 0 Å². The van der Waals surface area contributed by atoms with Gasteiger partial charge in [0.1, 0.15) is 5.75 Å². The van der Waals surface area contributed by atoms with Gasteiger partial charge in [-0.05, 0) is 29.7 Å². The monoisotopic (exact) mass is 282 g/mol. The molecule has 0 heterocycles. The average molecular weight is 282 g/mol. The van der Waals surface area contributed by atoms with Gasteiger partial charge in [-0.15, -0.1) is 0 Å². The summed E-state index contributed by atoms with van der Waals surface area (Å²) in [5.74, 6) is 0.768. The van der Waals surface area contributed by atoms with E-state index in [1.165, 1.54) is 0 Å². The molecule has 2 atom stereocenters. The maximum absolute atomic E-state index is 10.7. The Morgan fingerprint density at radius 3 is 2.24 bits per heavy atom. The van der Waals surface area contributed by atoms with Crippen LogP contribution in [0.3, 0.4) is 0 Å². The normalized spacial score (nSPS) is 14.0. The molecule has 0 saturated heterocycles. The Balaban J connectivity index is 2.31. The molecule has 0 aromatic heterocycles. The first-order chi connectivity index (χ1) is 10.3. The van der Waals surface area contributed by atoms with Crippen LogP contribution >= 0.6 is 0 Å². The molecule has 110 valence electrons. The zero-order chi connectivity index (χ0) is 15.1. The Labute approximate surface area is 126 Å². The fourth-order valence-corrected chi connectivity index (χ4v) is 2.37. The molecule has 2 aromatic rings. The van der Waals surface area contributed by atoms with E-state index in [4.69, 9.17) is 4.74 Å². The highest BCUT2D eigenvalue weighted by molar-refractivity contribution is 5.34. The van der Waals surface area contributed by atoms with E-state index in [1.807, 2.05) is 54.6 Å². The van der Waals surface area contributed by atoms with Crippen LogP contribution in [0.5, 0.6) is 5.75 Å². The maximum atomic E-state index is 10.7. The number of allylic oxidation sites excluding steroid dienone is 1. The van der Waals surface area contributed by atoms with Gasteiger partial charge in [-0.3, -0.25) is 0 Å². The second-order valence-electron chi connectivity index (χ2n) is 4.99. The molecule has 21 heavy (non-hydrogen) atoms. The summed E-state index contributed by atoms with van der Waals surface area (Å²) in [5.41, 5.74) is 2.01. The van der Waals surface area contributed by atoms with Crippen molar-refractivity contribution in [1.29, 1.82) is 0 Å². The van der Waals surface area contributed by atoms with Crippen molar-refractivity contribution >= 4 is 0 Å². The van der Waals surface area contributed by atoms with Gasteiger partial charge in [0, 0.05) is 5.92 Å². The van der Waals surface area contributed by atoms with Gasteiger partial charge in [-0.25, -0.2) is 0 Å². The first kappa shape index (κ1) is 15.3. The summed E-state index contributed by atoms with van der Waals surface area (Å²) in [6.07, 6.45) is 4.58. The van der Waals surface area contributed by atoms with E-state index in [0.29, 0.717) is 0 Å². The number of benzene rings is 2. The van der Waals surface area contributed by atoms with Crippen LogP contribution in [0.25, 0.3) is 0 Å². The first-order valence-electron chi connectivity index (χ1n) is 7.30. The third kappa shape index (κ3) is 3.96. The Morgan fingerprint density at radius 1 is 1.00 bits per heavy atom. The van der Waals surface area contributed by atoms with Gasteiger partial charge in [-0.1, -0.05) is 61.5 Å². The summed E-state index contributed by atoms with van der Waals surface area (Å²) >= 11 is 0. The van der Waals surface area contributed by atoms with Crippen molar-refractivity contribution in [2.45, 2.75) is 25.4 Å². The van der Waals surface area contributed by atoms with Crippen LogP contribution in [-0.2, 0) is 0 Å². The first-order valence-corrected chi connectivity index (χ1v) is 7.30. The Kier molecular flexibility index (Phi) is 5.59. The van der Waals surface area contributed by atoms with Crippen LogP contribution in [0.4, 0.5) is 0 Å². The molecule has 0 unspecified atom stereocenters. The smallest absolute Gasteiger partial charge is 0.118 e. The summed E-state index contributed by atoms with van der Waals surface area (Å²) in [7, 11) is 1.66. The van der Waals surface area contributed by atoms with Crippen molar-refractivity contribution in [3.05, 3.63) is 77.9 Å². The zero-order valence-electron chi connectivity index (χ0n) is 12.6.